The molecule has 106 valence electrons. The zero-order chi connectivity index (χ0) is 13.7. The van der Waals surface area contributed by atoms with Gasteiger partial charge >= 0.3 is 0 Å². The second-order valence-electron chi connectivity index (χ2n) is 4.83. The number of nitrogens with two attached hydrogens (primary N) is 1. The van der Waals surface area contributed by atoms with E-state index in [1.807, 2.05) is 6.07 Å². The van der Waals surface area contributed by atoms with Gasteiger partial charge in [-0.25, -0.2) is 5.01 Å². The van der Waals surface area contributed by atoms with E-state index < -0.39 is 0 Å². The molecular weight excluding hydrogens is 242 g/mol. The molecule has 0 atom stereocenters. The van der Waals surface area contributed by atoms with Crippen LogP contribution in [0.25, 0.3) is 0 Å². The minimum Gasteiger partial charge on any atom is -0.370 e. The van der Waals surface area contributed by atoms with Gasteiger partial charge in [-0.2, -0.15) is 9.97 Å². The Morgan fingerprint density at radius 1 is 1.21 bits per heavy atom. The van der Waals surface area contributed by atoms with Gasteiger partial charge in [0.25, 0.3) is 0 Å². The molecule has 0 unspecified atom stereocenters. The van der Waals surface area contributed by atoms with Crippen molar-refractivity contribution in [2.75, 3.05) is 56.2 Å². The van der Waals surface area contributed by atoms with Crippen LogP contribution in [-0.2, 0) is 0 Å². The molecule has 0 aliphatic carbocycles. The smallest absolute Gasteiger partial charge is 0.223 e. The number of hydrogen-bond donors (Lipinski definition) is 3. The molecule has 1 fully saturated rings. The fourth-order valence-corrected chi connectivity index (χ4v) is 1.95. The lowest BCUT2D eigenvalue weighted by Crippen LogP contribution is -2.47. The van der Waals surface area contributed by atoms with Gasteiger partial charge in [-0.15, -0.1) is 0 Å². The van der Waals surface area contributed by atoms with Gasteiger partial charge in [0, 0.05) is 38.8 Å². The molecule has 1 aliphatic heterocycles. The molecule has 4 N–H and O–H groups in total. The van der Waals surface area contributed by atoms with Crippen LogP contribution < -0.4 is 16.5 Å². The van der Waals surface area contributed by atoms with Crippen molar-refractivity contribution in [3.8, 4) is 0 Å². The lowest BCUT2D eigenvalue weighted by atomic mass is 10.4. The van der Waals surface area contributed by atoms with Gasteiger partial charge in [-0.05, 0) is 13.5 Å². The number of rotatable bonds is 5. The van der Waals surface area contributed by atoms with Gasteiger partial charge in [-0.3, -0.25) is 0 Å². The molecule has 1 aromatic rings. The van der Waals surface area contributed by atoms with Crippen molar-refractivity contribution in [1.82, 2.24) is 19.9 Å². The summed E-state index contributed by atoms with van der Waals surface area (Å²) in [4.78, 5) is 10.7. The van der Waals surface area contributed by atoms with Crippen LogP contribution in [-0.4, -0.2) is 59.6 Å². The average Bonchev–Trinajstić information content (AvgIpc) is 2.38. The lowest BCUT2D eigenvalue weighted by molar-refractivity contribution is 0.178. The zero-order valence-electron chi connectivity index (χ0n) is 11.7. The fourth-order valence-electron chi connectivity index (χ4n) is 1.95. The molecule has 2 heterocycles. The summed E-state index contributed by atoms with van der Waals surface area (Å²) in [7, 11) is 2.13. The van der Waals surface area contributed by atoms with Crippen molar-refractivity contribution >= 4 is 17.6 Å². The number of nitrogens with one attached hydrogen (secondary N) is 2. The van der Waals surface area contributed by atoms with Gasteiger partial charge in [0.15, 0.2) is 0 Å². The van der Waals surface area contributed by atoms with Crippen LogP contribution >= 0.6 is 0 Å². The molecule has 0 aromatic carbocycles. The molecule has 0 saturated carbocycles. The second-order valence-corrected chi connectivity index (χ2v) is 4.83. The van der Waals surface area contributed by atoms with E-state index in [1.54, 1.807) is 0 Å². The molecule has 0 amide bonds. The third-order valence-electron chi connectivity index (χ3n) is 3.08. The predicted molar refractivity (Wildman–Crippen MR) is 77.9 cm³/mol. The highest BCUT2D eigenvalue weighted by Gasteiger charge is 2.14. The SMILES string of the molecule is CCCNc1cc(NN2CCN(C)CC2)nc(N)n1. The first-order chi connectivity index (χ1) is 9.17. The fraction of sp³-hybridized carbons (Fsp3) is 0.667. The Kier molecular flexibility index (Phi) is 4.75. The monoisotopic (exact) mass is 265 g/mol. The summed E-state index contributed by atoms with van der Waals surface area (Å²) in [5.74, 6) is 1.80. The normalized spacial score (nSPS) is 17.4. The Morgan fingerprint density at radius 3 is 2.58 bits per heavy atom. The van der Waals surface area contributed by atoms with E-state index in [2.05, 4.69) is 44.6 Å². The van der Waals surface area contributed by atoms with E-state index in [9.17, 15) is 0 Å². The average molecular weight is 265 g/mol. The van der Waals surface area contributed by atoms with Gasteiger partial charge in [0.05, 0.1) is 0 Å². The summed E-state index contributed by atoms with van der Waals surface area (Å²) in [6, 6.07) is 1.89. The number of hydrogen-bond acceptors (Lipinski definition) is 7. The van der Waals surface area contributed by atoms with Crippen LogP contribution in [0.15, 0.2) is 6.07 Å². The summed E-state index contributed by atoms with van der Waals surface area (Å²) in [5, 5.41) is 5.38. The molecule has 2 rings (SSSR count). The molecular formula is C12H23N7. The van der Waals surface area contributed by atoms with Crippen LogP contribution in [0.3, 0.4) is 0 Å². The molecule has 0 radical (unpaired) electrons. The van der Waals surface area contributed by atoms with Crippen LogP contribution in [0.1, 0.15) is 13.3 Å². The third kappa shape index (κ3) is 4.22. The largest absolute Gasteiger partial charge is 0.370 e. The van der Waals surface area contributed by atoms with Crippen LogP contribution in [0, 0.1) is 0 Å². The van der Waals surface area contributed by atoms with Crippen molar-refractivity contribution in [3.05, 3.63) is 6.07 Å². The van der Waals surface area contributed by atoms with Crippen molar-refractivity contribution in [2.45, 2.75) is 13.3 Å². The Balaban J connectivity index is 1.97. The van der Waals surface area contributed by atoms with Crippen LogP contribution in [0.5, 0.6) is 0 Å². The first kappa shape index (κ1) is 13.8. The van der Waals surface area contributed by atoms with Gasteiger partial charge in [0.1, 0.15) is 11.6 Å². The van der Waals surface area contributed by atoms with Crippen molar-refractivity contribution in [1.29, 1.82) is 0 Å². The standard InChI is InChI=1S/C12H23N7/c1-3-4-14-10-9-11(16-12(13)15-10)17-19-7-5-18(2)6-8-19/h9H,3-8H2,1-2H3,(H4,13,14,15,16,17). The number of aromatic nitrogens is 2. The van der Waals surface area contributed by atoms with E-state index in [-0.39, 0.29) is 5.95 Å². The first-order valence-corrected chi connectivity index (χ1v) is 6.76. The van der Waals surface area contributed by atoms with Crippen LogP contribution in [0.4, 0.5) is 17.6 Å². The molecule has 7 nitrogen and oxygen atoms in total. The molecule has 7 heteroatoms. The number of likely N-dealkylation sites (N-methyl/N-ethyl adjacent to an activating group) is 1. The highest BCUT2D eigenvalue weighted by Crippen LogP contribution is 2.13. The highest BCUT2D eigenvalue weighted by molar-refractivity contribution is 5.50. The maximum atomic E-state index is 5.73. The van der Waals surface area contributed by atoms with Gasteiger partial charge in [-0.1, -0.05) is 6.92 Å². The summed E-state index contributed by atoms with van der Waals surface area (Å²) in [6.07, 6.45) is 1.05. The molecule has 19 heavy (non-hydrogen) atoms. The molecule has 0 spiro atoms. The van der Waals surface area contributed by atoms with E-state index in [1.165, 1.54) is 0 Å². The molecule has 1 aliphatic rings. The maximum Gasteiger partial charge on any atom is 0.223 e. The molecule has 0 bridgehead atoms. The molecule has 1 aromatic heterocycles. The summed E-state index contributed by atoms with van der Waals surface area (Å²) >= 11 is 0. The quantitative estimate of drug-likeness (QED) is 0.713. The van der Waals surface area contributed by atoms with Gasteiger partial charge < -0.3 is 21.4 Å². The summed E-state index contributed by atoms with van der Waals surface area (Å²) in [5.41, 5.74) is 9.02. The number of nitrogens with zero attached hydrogens (tertiary/aromatic N) is 4. The van der Waals surface area contributed by atoms with E-state index in [4.69, 9.17) is 5.73 Å². The predicted octanol–water partition coefficient (Wildman–Crippen LogP) is 0.455. The lowest BCUT2D eigenvalue weighted by Gasteiger charge is -2.32. The van der Waals surface area contributed by atoms with E-state index >= 15 is 0 Å². The van der Waals surface area contributed by atoms with Crippen molar-refractivity contribution in [2.24, 2.45) is 0 Å². The summed E-state index contributed by atoms with van der Waals surface area (Å²) < 4.78 is 0. The minimum atomic E-state index is 0.290. The minimum absolute atomic E-state index is 0.290. The highest BCUT2D eigenvalue weighted by atomic mass is 15.5. The Morgan fingerprint density at radius 2 is 1.89 bits per heavy atom. The molecule has 1 saturated heterocycles. The van der Waals surface area contributed by atoms with Crippen molar-refractivity contribution in [3.63, 3.8) is 0 Å². The first-order valence-electron chi connectivity index (χ1n) is 6.76. The Bertz CT molecular complexity index is 401. The van der Waals surface area contributed by atoms with E-state index in [0.29, 0.717) is 0 Å². The van der Waals surface area contributed by atoms with E-state index in [0.717, 1.165) is 50.8 Å². The topological polar surface area (TPSA) is 82.3 Å². The number of nitrogen functional groups attached to an aromatic ring is 1. The summed E-state index contributed by atoms with van der Waals surface area (Å²) in [6.45, 7) is 7.03. The zero-order valence-corrected chi connectivity index (χ0v) is 11.7. The third-order valence-corrected chi connectivity index (χ3v) is 3.08. The van der Waals surface area contributed by atoms with Crippen molar-refractivity contribution < 1.29 is 0 Å². The van der Waals surface area contributed by atoms with Gasteiger partial charge in [0.2, 0.25) is 5.95 Å². The Hall–Kier alpha value is -1.60. The second kappa shape index (κ2) is 6.53. The Labute approximate surface area is 114 Å². The van der Waals surface area contributed by atoms with Crippen LogP contribution in [0.2, 0.25) is 0 Å². The maximum absolute atomic E-state index is 5.73. The number of anilines is 3. The number of piperazine rings is 1. The number of hydrazine groups is 1.